The number of carbonyl (C=O) groups excluding carboxylic acids is 2. The summed E-state index contributed by atoms with van der Waals surface area (Å²) in [6.07, 6.45) is 6.72. The molecule has 0 aromatic carbocycles. The lowest BCUT2D eigenvalue weighted by Gasteiger charge is -2.13. The molecule has 0 aromatic rings. The van der Waals surface area contributed by atoms with Crippen LogP contribution in [0.15, 0.2) is 0 Å². The molecule has 5 N–H and O–H groups in total. The molecule has 0 unspecified atom stereocenters. The highest BCUT2D eigenvalue weighted by Gasteiger charge is 2.21. The van der Waals surface area contributed by atoms with Crippen molar-refractivity contribution in [3.63, 3.8) is 0 Å². The highest BCUT2D eigenvalue weighted by molar-refractivity contribution is 5.87. The zero-order chi connectivity index (χ0) is 14.0. The van der Waals surface area contributed by atoms with Crippen LogP contribution in [0.5, 0.6) is 0 Å². The van der Waals surface area contributed by atoms with Gasteiger partial charge in [0.2, 0.25) is 5.91 Å². The molecule has 0 radical (unpaired) electrons. The Morgan fingerprint density at radius 1 is 1.33 bits per heavy atom. The first kappa shape index (κ1) is 15.8. The van der Waals surface area contributed by atoms with Crippen molar-refractivity contribution in [2.24, 2.45) is 5.73 Å². The van der Waals surface area contributed by atoms with E-state index in [4.69, 9.17) is 17.3 Å². The molecule has 1 atom stereocenters. The van der Waals surface area contributed by atoms with E-state index in [0.717, 1.165) is 6.42 Å². The maximum Gasteiger partial charge on any atom is 0.326 e. The van der Waals surface area contributed by atoms with Gasteiger partial charge >= 0.3 is 12.0 Å². The van der Waals surface area contributed by atoms with E-state index in [1.807, 2.05) is 0 Å². The standard InChI is InChI=1S/C11H17N3O4/c1-2-3-4-5-6-13-11(18)14-8(10(16)17)7-9(12)15/h1,8H,3-7H2,(H2,12,15)(H,16,17)(H2,13,14,18)/t8-/m0/s1. The summed E-state index contributed by atoms with van der Waals surface area (Å²) in [6.45, 7) is 0.385. The number of carbonyl (C=O) groups is 3. The highest BCUT2D eigenvalue weighted by atomic mass is 16.4. The lowest BCUT2D eigenvalue weighted by Crippen LogP contribution is -2.47. The maximum absolute atomic E-state index is 11.3. The Kier molecular flexibility index (Phi) is 7.77. The van der Waals surface area contributed by atoms with Crippen LogP contribution in [0, 0.1) is 12.3 Å². The third-order valence-electron chi connectivity index (χ3n) is 2.04. The van der Waals surface area contributed by atoms with E-state index in [-0.39, 0.29) is 0 Å². The molecular weight excluding hydrogens is 238 g/mol. The fraction of sp³-hybridized carbons (Fsp3) is 0.545. The number of hydrogen-bond acceptors (Lipinski definition) is 3. The van der Waals surface area contributed by atoms with Crippen molar-refractivity contribution in [2.45, 2.75) is 31.7 Å². The molecule has 7 nitrogen and oxygen atoms in total. The van der Waals surface area contributed by atoms with E-state index in [0.29, 0.717) is 19.4 Å². The third-order valence-corrected chi connectivity index (χ3v) is 2.04. The minimum Gasteiger partial charge on any atom is -0.480 e. The molecule has 0 aliphatic heterocycles. The van der Waals surface area contributed by atoms with Crippen LogP contribution in [-0.4, -0.2) is 35.6 Å². The SMILES string of the molecule is C#CCCCCNC(=O)N[C@@H](CC(N)=O)C(=O)O. The molecule has 0 aliphatic rings. The maximum atomic E-state index is 11.3. The Labute approximate surface area is 105 Å². The average Bonchev–Trinajstić information content (AvgIpc) is 2.27. The summed E-state index contributed by atoms with van der Waals surface area (Å²) in [6, 6.07) is -1.96. The van der Waals surface area contributed by atoms with Gasteiger partial charge in [0.15, 0.2) is 0 Å². The van der Waals surface area contributed by atoms with Crippen molar-refractivity contribution in [3.05, 3.63) is 0 Å². The number of rotatable bonds is 8. The normalized spacial score (nSPS) is 11.1. The predicted octanol–water partition coefficient (Wildman–Crippen LogP) is -0.582. The van der Waals surface area contributed by atoms with Crippen molar-refractivity contribution >= 4 is 17.9 Å². The van der Waals surface area contributed by atoms with E-state index in [1.165, 1.54) is 0 Å². The Morgan fingerprint density at radius 2 is 2.00 bits per heavy atom. The first-order chi connectivity index (χ1) is 8.47. The minimum atomic E-state index is -1.31. The van der Waals surface area contributed by atoms with E-state index in [2.05, 4.69) is 16.6 Å². The Hall–Kier alpha value is -2.23. The summed E-state index contributed by atoms with van der Waals surface area (Å²) in [5.74, 6) is 0.363. The zero-order valence-corrected chi connectivity index (χ0v) is 9.94. The predicted molar refractivity (Wildman–Crippen MR) is 64.5 cm³/mol. The van der Waals surface area contributed by atoms with Gasteiger partial charge in [-0.25, -0.2) is 9.59 Å². The van der Waals surface area contributed by atoms with Crippen LogP contribution in [0.1, 0.15) is 25.7 Å². The van der Waals surface area contributed by atoms with Crippen LogP contribution in [0.4, 0.5) is 4.79 Å². The van der Waals surface area contributed by atoms with Gasteiger partial charge in [-0.1, -0.05) is 0 Å². The fourth-order valence-corrected chi connectivity index (χ4v) is 1.16. The summed E-state index contributed by atoms with van der Waals surface area (Å²) in [7, 11) is 0. The molecule has 100 valence electrons. The van der Waals surface area contributed by atoms with Gasteiger partial charge in [0.05, 0.1) is 6.42 Å². The second-order valence-electron chi connectivity index (χ2n) is 3.62. The summed E-state index contributed by atoms with van der Waals surface area (Å²) < 4.78 is 0. The van der Waals surface area contributed by atoms with E-state index in [1.54, 1.807) is 0 Å². The number of nitrogens with two attached hydrogens (primary N) is 1. The minimum absolute atomic E-state index is 0.385. The first-order valence-electron chi connectivity index (χ1n) is 5.46. The van der Waals surface area contributed by atoms with Crippen LogP contribution in [0.3, 0.4) is 0 Å². The number of unbranched alkanes of at least 4 members (excludes halogenated alkanes) is 2. The topological polar surface area (TPSA) is 122 Å². The molecule has 0 rings (SSSR count). The fourth-order valence-electron chi connectivity index (χ4n) is 1.16. The molecule has 0 saturated carbocycles. The molecule has 0 saturated heterocycles. The lowest BCUT2D eigenvalue weighted by molar-refractivity contribution is -0.140. The molecule has 0 aromatic heterocycles. The number of terminal acetylenes is 1. The second-order valence-corrected chi connectivity index (χ2v) is 3.62. The smallest absolute Gasteiger partial charge is 0.326 e. The molecule has 0 fully saturated rings. The van der Waals surface area contributed by atoms with Crippen LogP contribution in [-0.2, 0) is 9.59 Å². The first-order valence-corrected chi connectivity index (χ1v) is 5.46. The number of nitrogens with one attached hydrogen (secondary N) is 2. The molecule has 18 heavy (non-hydrogen) atoms. The van der Waals surface area contributed by atoms with Gasteiger partial charge in [0.1, 0.15) is 6.04 Å². The highest BCUT2D eigenvalue weighted by Crippen LogP contribution is 1.93. The van der Waals surface area contributed by atoms with Gasteiger partial charge < -0.3 is 21.5 Å². The number of aliphatic carboxylic acids is 1. The number of primary amides is 1. The molecule has 0 aliphatic carbocycles. The Morgan fingerprint density at radius 3 is 2.50 bits per heavy atom. The lowest BCUT2D eigenvalue weighted by atomic mass is 10.2. The van der Waals surface area contributed by atoms with Crippen molar-refractivity contribution in [2.75, 3.05) is 6.54 Å². The number of carboxylic acids is 1. The Bertz CT molecular complexity index is 349. The van der Waals surface area contributed by atoms with Gasteiger partial charge in [0.25, 0.3) is 0 Å². The molecule has 0 heterocycles. The van der Waals surface area contributed by atoms with E-state index in [9.17, 15) is 14.4 Å². The zero-order valence-electron chi connectivity index (χ0n) is 9.94. The van der Waals surface area contributed by atoms with Crippen molar-refractivity contribution in [1.82, 2.24) is 10.6 Å². The third kappa shape index (κ3) is 7.98. The van der Waals surface area contributed by atoms with Crippen LogP contribution in [0.2, 0.25) is 0 Å². The number of urea groups is 1. The second kappa shape index (κ2) is 8.87. The Balaban J connectivity index is 3.92. The molecule has 3 amide bonds. The summed E-state index contributed by atoms with van der Waals surface area (Å²) in [4.78, 5) is 32.6. The summed E-state index contributed by atoms with van der Waals surface area (Å²) >= 11 is 0. The average molecular weight is 255 g/mol. The number of carboxylic acid groups (broad SMARTS) is 1. The summed E-state index contributed by atoms with van der Waals surface area (Å²) in [5, 5.41) is 13.4. The summed E-state index contributed by atoms with van der Waals surface area (Å²) in [5.41, 5.74) is 4.87. The van der Waals surface area contributed by atoms with Gasteiger partial charge in [-0.3, -0.25) is 4.79 Å². The van der Waals surface area contributed by atoms with E-state index < -0.39 is 30.4 Å². The van der Waals surface area contributed by atoms with E-state index >= 15 is 0 Å². The molecular formula is C11H17N3O4. The van der Waals surface area contributed by atoms with Crippen LogP contribution in [0.25, 0.3) is 0 Å². The largest absolute Gasteiger partial charge is 0.480 e. The van der Waals surface area contributed by atoms with Gasteiger partial charge in [-0.15, -0.1) is 12.3 Å². The molecule has 0 spiro atoms. The van der Waals surface area contributed by atoms with Crippen LogP contribution >= 0.6 is 0 Å². The van der Waals surface area contributed by atoms with Crippen molar-refractivity contribution < 1.29 is 19.5 Å². The number of hydrogen-bond donors (Lipinski definition) is 4. The van der Waals surface area contributed by atoms with Crippen molar-refractivity contribution in [3.8, 4) is 12.3 Å². The van der Waals surface area contributed by atoms with Crippen LogP contribution < -0.4 is 16.4 Å². The van der Waals surface area contributed by atoms with Gasteiger partial charge in [-0.2, -0.15) is 0 Å². The number of amides is 3. The molecule has 7 heteroatoms. The monoisotopic (exact) mass is 255 g/mol. The quantitative estimate of drug-likeness (QED) is 0.342. The van der Waals surface area contributed by atoms with Crippen molar-refractivity contribution in [1.29, 1.82) is 0 Å². The molecule has 0 bridgehead atoms. The van der Waals surface area contributed by atoms with Gasteiger partial charge in [-0.05, 0) is 12.8 Å². The van der Waals surface area contributed by atoms with Gasteiger partial charge in [0, 0.05) is 13.0 Å².